The summed E-state index contributed by atoms with van der Waals surface area (Å²) in [5.41, 5.74) is 1.70. The molecule has 1 atom stereocenters. The predicted molar refractivity (Wildman–Crippen MR) is 111 cm³/mol. The molecule has 0 amide bonds. The van der Waals surface area contributed by atoms with Crippen LogP contribution in [0.5, 0.6) is 0 Å². The van der Waals surface area contributed by atoms with Gasteiger partial charge in [-0.05, 0) is 55.7 Å². The predicted octanol–water partition coefficient (Wildman–Crippen LogP) is 2.94. The van der Waals surface area contributed by atoms with Crippen LogP contribution in [0.4, 0.5) is 5.82 Å². The van der Waals surface area contributed by atoms with Gasteiger partial charge in [-0.1, -0.05) is 13.8 Å². The van der Waals surface area contributed by atoms with Crippen molar-refractivity contribution in [2.45, 2.75) is 65.1 Å². The first kappa shape index (κ1) is 19.9. The van der Waals surface area contributed by atoms with E-state index in [-0.39, 0.29) is 6.10 Å². The Balaban J connectivity index is 1.52. The largest absolute Gasteiger partial charge is 0.375 e. The van der Waals surface area contributed by atoms with Crippen molar-refractivity contribution in [2.24, 2.45) is 10.4 Å². The molecule has 3 rings (SSSR count). The first-order chi connectivity index (χ1) is 12.9. The van der Waals surface area contributed by atoms with E-state index in [0.29, 0.717) is 11.5 Å². The Kier molecular flexibility index (Phi) is 6.58. The average molecular weight is 374 g/mol. The van der Waals surface area contributed by atoms with Gasteiger partial charge in [0.25, 0.3) is 0 Å². The Labute approximate surface area is 163 Å². The standard InChI is InChI=1S/C21H35N5O/c1-16-15-26(11-12-27-16)19-13-17(7-10-23-19)14-24-20(22-4)25-18-5-8-21(2,3)9-6-18/h7,10,13,16,18H,5-6,8-9,11-12,14-15H2,1-4H3,(H2,22,24,25). The van der Waals surface area contributed by atoms with E-state index in [9.17, 15) is 0 Å². The van der Waals surface area contributed by atoms with Crippen LogP contribution in [-0.4, -0.2) is 49.8 Å². The Morgan fingerprint density at radius 2 is 2.15 bits per heavy atom. The van der Waals surface area contributed by atoms with Gasteiger partial charge in [0.2, 0.25) is 0 Å². The van der Waals surface area contributed by atoms with Crippen LogP contribution in [0.1, 0.15) is 52.0 Å². The van der Waals surface area contributed by atoms with Gasteiger partial charge >= 0.3 is 0 Å². The Bertz CT molecular complexity index is 635. The summed E-state index contributed by atoms with van der Waals surface area (Å²) in [5, 5.41) is 7.05. The molecule has 0 aromatic carbocycles. The van der Waals surface area contributed by atoms with Gasteiger partial charge in [0.05, 0.1) is 12.7 Å². The summed E-state index contributed by atoms with van der Waals surface area (Å²) in [5.74, 6) is 1.92. The molecule has 150 valence electrons. The lowest BCUT2D eigenvalue weighted by molar-refractivity contribution is 0.0529. The average Bonchev–Trinajstić information content (AvgIpc) is 2.66. The molecule has 0 spiro atoms. The molecule has 0 bridgehead atoms. The lowest BCUT2D eigenvalue weighted by Crippen LogP contribution is -2.45. The number of nitrogens with zero attached hydrogens (tertiary/aromatic N) is 3. The number of hydrogen-bond donors (Lipinski definition) is 2. The minimum absolute atomic E-state index is 0.255. The van der Waals surface area contributed by atoms with E-state index < -0.39 is 0 Å². The van der Waals surface area contributed by atoms with Crippen molar-refractivity contribution in [1.29, 1.82) is 0 Å². The fourth-order valence-corrected chi connectivity index (χ4v) is 3.89. The number of pyridine rings is 1. The topological polar surface area (TPSA) is 61.8 Å². The first-order valence-corrected chi connectivity index (χ1v) is 10.2. The molecule has 1 aromatic rings. The van der Waals surface area contributed by atoms with Crippen molar-refractivity contribution in [3.05, 3.63) is 23.9 Å². The molecule has 1 unspecified atom stereocenters. The highest BCUT2D eigenvalue weighted by Crippen LogP contribution is 2.34. The van der Waals surface area contributed by atoms with Crippen LogP contribution in [0.25, 0.3) is 0 Å². The Morgan fingerprint density at radius 3 is 2.85 bits per heavy atom. The maximum atomic E-state index is 5.63. The van der Waals surface area contributed by atoms with Crippen LogP contribution in [0.2, 0.25) is 0 Å². The van der Waals surface area contributed by atoms with Crippen molar-refractivity contribution < 1.29 is 4.74 Å². The number of hydrogen-bond acceptors (Lipinski definition) is 4. The number of nitrogens with one attached hydrogen (secondary N) is 2. The molecule has 2 aliphatic rings. The van der Waals surface area contributed by atoms with Crippen LogP contribution in [-0.2, 0) is 11.3 Å². The van der Waals surface area contributed by atoms with E-state index in [1.54, 1.807) is 0 Å². The molecule has 1 aromatic heterocycles. The van der Waals surface area contributed by atoms with E-state index in [0.717, 1.165) is 38.0 Å². The number of morpholine rings is 1. The third-order valence-electron chi connectivity index (χ3n) is 5.74. The first-order valence-electron chi connectivity index (χ1n) is 10.2. The lowest BCUT2D eigenvalue weighted by Gasteiger charge is -2.35. The quantitative estimate of drug-likeness (QED) is 0.628. The van der Waals surface area contributed by atoms with Crippen LogP contribution in [0, 0.1) is 5.41 Å². The molecule has 6 nitrogen and oxygen atoms in total. The molecule has 1 saturated carbocycles. The zero-order valence-corrected chi connectivity index (χ0v) is 17.3. The van der Waals surface area contributed by atoms with Gasteiger partial charge in [-0.2, -0.15) is 0 Å². The number of anilines is 1. The van der Waals surface area contributed by atoms with Gasteiger partial charge in [0.1, 0.15) is 5.82 Å². The van der Waals surface area contributed by atoms with Gasteiger partial charge in [0, 0.05) is 38.9 Å². The molecule has 2 fully saturated rings. The number of rotatable bonds is 4. The SMILES string of the molecule is CN=C(NCc1ccnc(N2CCOC(C)C2)c1)NC1CCC(C)(C)CC1. The highest BCUT2D eigenvalue weighted by atomic mass is 16.5. The third-order valence-corrected chi connectivity index (χ3v) is 5.74. The van der Waals surface area contributed by atoms with E-state index >= 15 is 0 Å². The minimum Gasteiger partial charge on any atom is -0.375 e. The number of ether oxygens (including phenoxy) is 1. The Morgan fingerprint density at radius 1 is 1.37 bits per heavy atom. The normalized spacial score (nSPS) is 23.9. The second kappa shape index (κ2) is 8.91. The maximum Gasteiger partial charge on any atom is 0.191 e. The van der Waals surface area contributed by atoms with Gasteiger partial charge in [-0.3, -0.25) is 4.99 Å². The molecule has 1 saturated heterocycles. The van der Waals surface area contributed by atoms with E-state index in [1.165, 1.54) is 31.2 Å². The summed E-state index contributed by atoms with van der Waals surface area (Å²) in [6, 6.07) is 4.75. The Hall–Kier alpha value is -1.82. The van der Waals surface area contributed by atoms with Gasteiger partial charge in [-0.25, -0.2) is 4.98 Å². The minimum atomic E-state index is 0.255. The summed E-state index contributed by atoms with van der Waals surface area (Å²) < 4.78 is 5.63. The molecular weight excluding hydrogens is 338 g/mol. The van der Waals surface area contributed by atoms with Crippen LogP contribution in [0.15, 0.2) is 23.3 Å². The zero-order valence-electron chi connectivity index (χ0n) is 17.3. The molecule has 0 radical (unpaired) electrons. The van der Waals surface area contributed by atoms with Crippen LogP contribution in [0.3, 0.4) is 0 Å². The summed E-state index contributed by atoms with van der Waals surface area (Å²) >= 11 is 0. The van der Waals surface area contributed by atoms with Gasteiger partial charge in [-0.15, -0.1) is 0 Å². The number of guanidine groups is 1. The van der Waals surface area contributed by atoms with E-state index in [4.69, 9.17) is 4.74 Å². The van der Waals surface area contributed by atoms with Gasteiger partial charge < -0.3 is 20.3 Å². The number of aliphatic imine (C=N–C) groups is 1. The smallest absolute Gasteiger partial charge is 0.191 e. The summed E-state index contributed by atoms with van der Waals surface area (Å²) in [6.45, 7) is 10.1. The molecule has 1 aliphatic carbocycles. The lowest BCUT2D eigenvalue weighted by atomic mass is 9.75. The summed E-state index contributed by atoms with van der Waals surface area (Å²) in [7, 11) is 1.84. The molecule has 27 heavy (non-hydrogen) atoms. The van der Waals surface area contributed by atoms with Crippen molar-refractivity contribution in [3.8, 4) is 0 Å². The van der Waals surface area contributed by atoms with Gasteiger partial charge in [0.15, 0.2) is 5.96 Å². The second-order valence-corrected chi connectivity index (χ2v) is 8.66. The van der Waals surface area contributed by atoms with Crippen molar-refractivity contribution in [2.75, 3.05) is 31.6 Å². The van der Waals surface area contributed by atoms with Crippen LogP contribution >= 0.6 is 0 Å². The summed E-state index contributed by atoms with van der Waals surface area (Å²) in [6.07, 6.45) is 7.11. The van der Waals surface area contributed by atoms with Crippen molar-refractivity contribution >= 4 is 11.8 Å². The molecule has 1 aliphatic heterocycles. The zero-order chi connectivity index (χ0) is 19.3. The fourth-order valence-electron chi connectivity index (χ4n) is 3.89. The van der Waals surface area contributed by atoms with E-state index in [1.807, 2.05) is 13.2 Å². The van der Waals surface area contributed by atoms with Crippen LogP contribution < -0.4 is 15.5 Å². The van der Waals surface area contributed by atoms with Crippen molar-refractivity contribution in [1.82, 2.24) is 15.6 Å². The summed E-state index contributed by atoms with van der Waals surface area (Å²) in [4.78, 5) is 11.3. The molecule has 2 heterocycles. The second-order valence-electron chi connectivity index (χ2n) is 8.66. The molecule has 6 heteroatoms. The molecular formula is C21H35N5O. The van der Waals surface area contributed by atoms with Crippen molar-refractivity contribution in [3.63, 3.8) is 0 Å². The monoisotopic (exact) mass is 373 g/mol. The highest BCUT2D eigenvalue weighted by molar-refractivity contribution is 5.80. The molecule has 2 N–H and O–H groups in total. The third kappa shape index (κ3) is 5.83. The fraction of sp³-hybridized carbons (Fsp3) is 0.714. The number of aromatic nitrogens is 1. The maximum absolute atomic E-state index is 5.63. The highest BCUT2D eigenvalue weighted by Gasteiger charge is 2.27. The van der Waals surface area contributed by atoms with E-state index in [2.05, 4.69) is 58.4 Å².